The molecule has 0 fully saturated rings. The first-order chi connectivity index (χ1) is 7.74. The first-order valence-electron chi connectivity index (χ1n) is 5.03. The molecule has 1 aromatic carbocycles. The molecule has 3 aromatic rings. The van der Waals surface area contributed by atoms with Crippen LogP contribution in [0.5, 0.6) is 0 Å². The smallest absolute Gasteiger partial charge is 0.148 e. The fourth-order valence-electron chi connectivity index (χ4n) is 1.70. The molecule has 0 aliphatic rings. The maximum atomic E-state index is 5.74. The Labute approximate surface area is 97.1 Å². The van der Waals surface area contributed by atoms with Crippen molar-refractivity contribution in [3.8, 4) is 5.69 Å². The van der Waals surface area contributed by atoms with Crippen molar-refractivity contribution in [3.05, 3.63) is 41.4 Å². The first-order valence-corrected chi connectivity index (χ1v) is 5.91. The molecule has 0 atom stereocenters. The van der Waals surface area contributed by atoms with Crippen LogP contribution in [0.3, 0.4) is 0 Å². The van der Waals surface area contributed by atoms with Crippen LogP contribution in [0.4, 0.5) is 5.82 Å². The van der Waals surface area contributed by atoms with Gasteiger partial charge in [0.05, 0.1) is 5.69 Å². The first kappa shape index (κ1) is 9.42. The van der Waals surface area contributed by atoms with Crippen LogP contribution >= 0.6 is 11.3 Å². The van der Waals surface area contributed by atoms with Gasteiger partial charge in [0.15, 0.2) is 0 Å². The topological polar surface area (TPSA) is 43.8 Å². The highest BCUT2D eigenvalue weighted by Gasteiger charge is 2.04. The normalized spacial score (nSPS) is 11.1. The van der Waals surface area contributed by atoms with E-state index in [0.29, 0.717) is 5.82 Å². The molecular formula is C12H11N3S. The van der Waals surface area contributed by atoms with Gasteiger partial charge in [-0.05, 0) is 42.0 Å². The second-order valence-electron chi connectivity index (χ2n) is 3.78. The van der Waals surface area contributed by atoms with Crippen LogP contribution in [0.2, 0.25) is 0 Å². The van der Waals surface area contributed by atoms with Gasteiger partial charge in [-0.25, -0.2) is 4.68 Å². The summed E-state index contributed by atoms with van der Waals surface area (Å²) >= 11 is 1.75. The van der Waals surface area contributed by atoms with E-state index in [0.717, 1.165) is 11.3 Å². The van der Waals surface area contributed by atoms with Crippen molar-refractivity contribution in [1.82, 2.24) is 9.78 Å². The Morgan fingerprint density at radius 2 is 2.19 bits per heavy atom. The quantitative estimate of drug-likeness (QED) is 0.697. The molecule has 4 heteroatoms. The molecule has 2 N–H and O–H groups in total. The lowest BCUT2D eigenvalue weighted by molar-refractivity contribution is 0.887. The fraction of sp³-hybridized carbons (Fsp3) is 0.0833. The molecule has 0 spiro atoms. The number of nitrogens with zero attached hydrogens (tertiary/aromatic N) is 2. The molecule has 3 nitrogen and oxygen atoms in total. The highest BCUT2D eigenvalue weighted by atomic mass is 32.1. The second-order valence-corrected chi connectivity index (χ2v) is 4.73. The standard InChI is InChI=1S/C12H11N3S/c1-8-7-15(14-12(8)13)10-2-3-11-9(6-10)4-5-16-11/h2-7H,1H3,(H2,13,14). The number of nitrogen functional groups attached to an aromatic ring is 1. The Hall–Kier alpha value is -1.81. The van der Waals surface area contributed by atoms with E-state index < -0.39 is 0 Å². The molecular weight excluding hydrogens is 218 g/mol. The lowest BCUT2D eigenvalue weighted by Gasteiger charge is -2.00. The maximum absolute atomic E-state index is 5.74. The summed E-state index contributed by atoms with van der Waals surface area (Å²) in [5.74, 6) is 0.588. The molecule has 3 rings (SSSR count). The Kier molecular flexibility index (Phi) is 1.97. The summed E-state index contributed by atoms with van der Waals surface area (Å²) in [6.07, 6.45) is 1.95. The number of aromatic nitrogens is 2. The highest BCUT2D eigenvalue weighted by molar-refractivity contribution is 7.17. The number of benzene rings is 1. The number of hydrogen-bond donors (Lipinski definition) is 1. The van der Waals surface area contributed by atoms with Crippen LogP contribution in [-0.2, 0) is 0 Å². The lowest BCUT2D eigenvalue weighted by Crippen LogP contribution is -1.95. The molecule has 0 aliphatic heterocycles. The van der Waals surface area contributed by atoms with Gasteiger partial charge >= 0.3 is 0 Å². The Morgan fingerprint density at radius 3 is 2.94 bits per heavy atom. The van der Waals surface area contributed by atoms with Crippen molar-refractivity contribution >= 4 is 27.2 Å². The summed E-state index contributed by atoms with van der Waals surface area (Å²) in [5.41, 5.74) is 7.79. The highest BCUT2D eigenvalue weighted by Crippen LogP contribution is 2.23. The Bertz CT molecular complexity index is 632. The van der Waals surface area contributed by atoms with Gasteiger partial charge in [-0.1, -0.05) is 0 Å². The minimum atomic E-state index is 0.588. The minimum Gasteiger partial charge on any atom is -0.382 e. The van der Waals surface area contributed by atoms with Gasteiger partial charge in [-0.15, -0.1) is 11.3 Å². The molecule has 0 amide bonds. The Morgan fingerprint density at radius 1 is 1.31 bits per heavy atom. The largest absolute Gasteiger partial charge is 0.382 e. The summed E-state index contributed by atoms with van der Waals surface area (Å²) in [4.78, 5) is 0. The molecule has 0 saturated heterocycles. The monoisotopic (exact) mass is 229 g/mol. The van der Waals surface area contributed by atoms with Crippen molar-refractivity contribution in [3.63, 3.8) is 0 Å². The number of rotatable bonds is 1. The summed E-state index contributed by atoms with van der Waals surface area (Å²) in [7, 11) is 0. The average molecular weight is 229 g/mol. The number of anilines is 1. The molecule has 0 bridgehead atoms. The van der Waals surface area contributed by atoms with Gasteiger partial charge in [0.1, 0.15) is 5.82 Å². The van der Waals surface area contributed by atoms with E-state index in [1.54, 1.807) is 11.3 Å². The molecule has 16 heavy (non-hydrogen) atoms. The van der Waals surface area contributed by atoms with E-state index in [4.69, 9.17) is 5.73 Å². The van der Waals surface area contributed by atoms with Crippen LogP contribution in [0.15, 0.2) is 35.8 Å². The zero-order chi connectivity index (χ0) is 11.1. The van der Waals surface area contributed by atoms with Crippen molar-refractivity contribution in [1.29, 1.82) is 0 Å². The van der Waals surface area contributed by atoms with E-state index in [1.165, 1.54) is 10.1 Å². The van der Waals surface area contributed by atoms with Gasteiger partial charge in [0.25, 0.3) is 0 Å². The molecule has 0 radical (unpaired) electrons. The van der Waals surface area contributed by atoms with Crippen LogP contribution in [0, 0.1) is 6.92 Å². The second kappa shape index (κ2) is 3.35. The van der Waals surface area contributed by atoms with Crippen molar-refractivity contribution in [2.45, 2.75) is 6.92 Å². The summed E-state index contributed by atoms with van der Waals surface area (Å²) in [6.45, 7) is 1.96. The SMILES string of the molecule is Cc1cn(-c2ccc3sccc3c2)nc1N. The van der Waals surface area contributed by atoms with Gasteiger partial charge in [-0.3, -0.25) is 0 Å². The van der Waals surface area contributed by atoms with Gasteiger partial charge in [-0.2, -0.15) is 5.10 Å². The van der Waals surface area contributed by atoms with Gasteiger partial charge < -0.3 is 5.73 Å². The summed E-state index contributed by atoms with van der Waals surface area (Å²) < 4.78 is 3.11. The van der Waals surface area contributed by atoms with E-state index in [9.17, 15) is 0 Å². The molecule has 0 unspecified atom stereocenters. The molecule has 2 aromatic heterocycles. The third kappa shape index (κ3) is 1.39. The molecule has 0 aliphatic carbocycles. The summed E-state index contributed by atoms with van der Waals surface area (Å²) in [5, 5.41) is 7.61. The molecule has 0 saturated carbocycles. The van der Waals surface area contributed by atoms with Gasteiger partial charge in [0, 0.05) is 16.5 Å². The number of aryl methyl sites for hydroxylation is 1. The third-order valence-corrected chi connectivity index (χ3v) is 3.53. The van der Waals surface area contributed by atoms with E-state index in [-0.39, 0.29) is 0 Å². The average Bonchev–Trinajstić information content (AvgIpc) is 2.85. The zero-order valence-corrected chi connectivity index (χ0v) is 9.66. The van der Waals surface area contributed by atoms with Crippen molar-refractivity contribution in [2.75, 3.05) is 5.73 Å². The van der Waals surface area contributed by atoms with Crippen LogP contribution in [0.1, 0.15) is 5.56 Å². The van der Waals surface area contributed by atoms with Crippen molar-refractivity contribution < 1.29 is 0 Å². The summed E-state index contributed by atoms with van der Waals surface area (Å²) in [6, 6.07) is 8.41. The van der Waals surface area contributed by atoms with Crippen LogP contribution in [-0.4, -0.2) is 9.78 Å². The number of fused-ring (bicyclic) bond motifs is 1. The van der Waals surface area contributed by atoms with Gasteiger partial charge in [0.2, 0.25) is 0 Å². The molecule has 80 valence electrons. The Balaban J connectivity index is 2.17. The van der Waals surface area contributed by atoms with E-state index in [1.807, 2.05) is 17.8 Å². The van der Waals surface area contributed by atoms with Crippen LogP contribution < -0.4 is 5.73 Å². The van der Waals surface area contributed by atoms with E-state index >= 15 is 0 Å². The number of nitrogens with two attached hydrogens (primary N) is 1. The van der Waals surface area contributed by atoms with Crippen LogP contribution in [0.25, 0.3) is 15.8 Å². The lowest BCUT2D eigenvalue weighted by atomic mass is 10.2. The fourth-order valence-corrected chi connectivity index (χ4v) is 2.47. The predicted molar refractivity (Wildman–Crippen MR) is 68.1 cm³/mol. The third-order valence-electron chi connectivity index (χ3n) is 2.64. The predicted octanol–water partition coefficient (Wildman–Crippen LogP) is 2.98. The molecule has 2 heterocycles. The minimum absolute atomic E-state index is 0.588. The van der Waals surface area contributed by atoms with Crippen molar-refractivity contribution in [2.24, 2.45) is 0 Å². The maximum Gasteiger partial charge on any atom is 0.148 e. The van der Waals surface area contributed by atoms with E-state index in [2.05, 4.69) is 34.7 Å². The number of thiophene rings is 1. The zero-order valence-electron chi connectivity index (χ0n) is 8.84. The number of hydrogen-bond acceptors (Lipinski definition) is 3.